The number of nitrogens with one attached hydrogen (secondary N) is 1. The van der Waals surface area contributed by atoms with Crippen LogP contribution >= 0.6 is 0 Å². The van der Waals surface area contributed by atoms with E-state index >= 15 is 0 Å². The second-order valence-corrected chi connectivity index (χ2v) is 3.62. The van der Waals surface area contributed by atoms with Gasteiger partial charge in [0.25, 0.3) is 0 Å². The molecule has 0 heterocycles. The van der Waals surface area contributed by atoms with E-state index in [0.717, 1.165) is 16.9 Å². The van der Waals surface area contributed by atoms with Crippen LogP contribution in [0.2, 0.25) is 0 Å². The summed E-state index contributed by atoms with van der Waals surface area (Å²) in [6.45, 7) is 2.23. The highest BCUT2D eigenvalue weighted by molar-refractivity contribution is 6.31. The van der Waals surface area contributed by atoms with E-state index in [4.69, 9.17) is 9.84 Å². The summed E-state index contributed by atoms with van der Waals surface area (Å²) in [5.41, 5.74) is 2.03. The first kappa shape index (κ1) is 13.0. The molecule has 1 amide bonds. The molecule has 0 aliphatic heterocycles. The van der Waals surface area contributed by atoms with Crippen LogP contribution in [0, 0.1) is 6.92 Å². The first-order valence-corrected chi connectivity index (χ1v) is 5.19. The highest BCUT2D eigenvalue weighted by Gasteiger charge is 2.09. The lowest BCUT2D eigenvalue weighted by Gasteiger charge is -2.07. The lowest BCUT2D eigenvalue weighted by Crippen LogP contribution is -2.32. The molecule has 5 heteroatoms. The molecule has 1 aromatic carbocycles. The van der Waals surface area contributed by atoms with Crippen molar-refractivity contribution in [3.63, 3.8) is 0 Å². The lowest BCUT2D eigenvalue weighted by atomic mass is 10.1. The largest absolute Gasteiger partial charge is 0.496 e. The fraction of sp³-hybridized carbons (Fsp3) is 0.333. The molecule has 0 fully saturated rings. The molecule has 0 saturated carbocycles. The summed E-state index contributed by atoms with van der Waals surface area (Å²) in [5, 5.41) is 10.7. The molecular weight excluding hydrogens is 222 g/mol. The number of rotatable bonds is 4. The van der Waals surface area contributed by atoms with Gasteiger partial charge < -0.3 is 15.2 Å². The number of carboxylic acid groups (broad SMARTS) is 1. The van der Waals surface area contributed by atoms with Gasteiger partial charge in [-0.05, 0) is 30.5 Å². The number of carbonyl (C=O) groups is 2. The fourth-order valence-corrected chi connectivity index (χ4v) is 1.49. The molecule has 1 rings (SSSR count). The predicted molar refractivity (Wildman–Crippen MR) is 62.1 cm³/mol. The Morgan fingerprint density at radius 1 is 1.41 bits per heavy atom. The number of amides is 1. The van der Waals surface area contributed by atoms with Crippen molar-refractivity contribution in [3.05, 3.63) is 29.3 Å². The molecule has 0 atom stereocenters. The highest BCUT2D eigenvalue weighted by atomic mass is 16.5. The van der Waals surface area contributed by atoms with E-state index in [0.29, 0.717) is 13.0 Å². The second-order valence-electron chi connectivity index (χ2n) is 3.62. The van der Waals surface area contributed by atoms with Crippen molar-refractivity contribution in [3.8, 4) is 5.75 Å². The molecule has 0 saturated heterocycles. The summed E-state index contributed by atoms with van der Waals surface area (Å²) in [7, 11) is 1.61. The third-order valence-corrected chi connectivity index (χ3v) is 2.35. The van der Waals surface area contributed by atoms with Crippen LogP contribution in [-0.4, -0.2) is 30.6 Å². The average molecular weight is 237 g/mol. The summed E-state index contributed by atoms with van der Waals surface area (Å²) < 4.78 is 5.13. The summed E-state index contributed by atoms with van der Waals surface area (Å²) in [5.74, 6) is -1.63. The van der Waals surface area contributed by atoms with Crippen LogP contribution < -0.4 is 10.1 Å². The van der Waals surface area contributed by atoms with Crippen LogP contribution in [0.4, 0.5) is 0 Å². The lowest BCUT2D eigenvalue weighted by molar-refractivity contribution is -0.150. The smallest absolute Gasteiger partial charge is 0.394 e. The van der Waals surface area contributed by atoms with Crippen molar-refractivity contribution in [2.24, 2.45) is 0 Å². The molecule has 0 radical (unpaired) electrons. The molecule has 0 spiro atoms. The first-order chi connectivity index (χ1) is 8.04. The van der Waals surface area contributed by atoms with Crippen molar-refractivity contribution in [2.45, 2.75) is 13.3 Å². The molecule has 1 aromatic rings. The zero-order valence-electron chi connectivity index (χ0n) is 9.82. The minimum atomic E-state index is -1.46. The Kier molecular flexibility index (Phi) is 4.51. The van der Waals surface area contributed by atoms with Crippen LogP contribution in [0.1, 0.15) is 11.1 Å². The van der Waals surface area contributed by atoms with Crippen molar-refractivity contribution >= 4 is 11.9 Å². The minimum Gasteiger partial charge on any atom is -0.496 e. The van der Waals surface area contributed by atoms with E-state index in [9.17, 15) is 9.59 Å². The molecule has 0 aliphatic rings. The maximum absolute atomic E-state index is 10.8. The fourth-order valence-electron chi connectivity index (χ4n) is 1.49. The Balaban J connectivity index is 2.50. The molecule has 17 heavy (non-hydrogen) atoms. The number of carboxylic acids is 1. The number of ether oxygens (including phenoxy) is 1. The maximum atomic E-state index is 10.8. The van der Waals surface area contributed by atoms with Crippen LogP contribution in [0.3, 0.4) is 0 Å². The second kappa shape index (κ2) is 5.89. The van der Waals surface area contributed by atoms with E-state index in [1.54, 1.807) is 7.11 Å². The Morgan fingerprint density at radius 2 is 2.12 bits per heavy atom. The van der Waals surface area contributed by atoms with Crippen LogP contribution in [-0.2, 0) is 16.0 Å². The van der Waals surface area contributed by atoms with E-state index in [-0.39, 0.29) is 0 Å². The Bertz CT molecular complexity index is 429. The molecule has 92 valence electrons. The number of hydrogen-bond acceptors (Lipinski definition) is 3. The van der Waals surface area contributed by atoms with E-state index < -0.39 is 11.9 Å². The monoisotopic (exact) mass is 237 g/mol. The van der Waals surface area contributed by atoms with Gasteiger partial charge in [-0.3, -0.25) is 4.79 Å². The van der Waals surface area contributed by atoms with E-state index in [1.807, 2.05) is 25.1 Å². The molecule has 5 nitrogen and oxygen atoms in total. The zero-order chi connectivity index (χ0) is 12.8. The minimum absolute atomic E-state index is 0.302. The Morgan fingerprint density at radius 3 is 2.65 bits per heavy atom. The number of aryl methyl sites for hydroxylation is 1. The Hall–Kier alpha value is -2.04. The van der Waals surface area contributed by atoms with Crippen molar-refractivity contribution in [1.82, 2.24) is 5.32 Å². The van der Waals surface area contributed by atoms with Gasteiger partial charge in [-0.1, -0.05) is 12.1 Å². The van der Waals surface area contributed by atoms with Gasteiger partial charge in [0.2, 0.25) is 0 Å². The summed E-state index contributed by atoms with van der Waals surface area (Å²) in [6.07, 6.45) is 0.587. The van der Waals surface area contributed by atoms with Gasteiger partial charge in [-0.2, -0.15) is 0 Å². The van der Waals surface area contributed by atoms with Gasteiger partial charge in [0, 0.05) is 6.54 Å². The topological polar surface area (TPSA) is 75.6 Å². The standard InChI is InChI=1S/C12H15NO4/c1-8-7-9(3-4-10(8)17-2)5-6-13-11(14)12(15)16/h3-4,7H,5-6H2,1-2H3,(H,13,14)(H,15,16). The third-order valence-electron chi connectivity index (χ3n) is 2.35. The van der Waals surface area contributed by atoms with E-state index in [2.05, 4.69) is 5.32 Å². The molecule has 0 unspecified atom stereocenters. The summed E-state index contributed by atoms with van der Waals surface area (Å²) in [4.78, 5) is 21.0. The highest BCUT2D eigenvalue weighted by Crippen LogP contribution is 2.18. The quantitative estimate of drug-likeness (QED) is 0.757. The van der Waals surface area contributed by atoms with Crippen molar-refractivity contribution in [1.29, 1.82) is 0 Å². The van der Waals surface area contributed by atoms with Gasteiger partial charge in [-0.15, -0.1) is 0 Å². The number of aliphatic carboxylic acids is 1. The van der Waals surface area contributed by atoms with Crippen LogP contribution in [0.5, 0.6) is 5.75 Å². The first-order valence-electron chi connectivity index (χ1n) is 5.19. The van der Waals surface area contributed by atoms with Gasteiger partial charge in [-0.25, -0.2) is 4.79 Å². The van der Waals surface area contributed by atoms with Gasteiger partial charge >= 0.3 is 11.9 Å². The van der Waals surface area contributed by atoms with Crippen molar-refractivity contribution < 1.29 is 19.4 Å². The molecule has 0 aromatic heterocycles. The van der Waals surface area contributed by atoms with Crippen LogP contribution in [0.15, 0.2) is 18.2 Å². The maximum Gasteiger partial charge on any atom is 0.394 e. The molecule has 0 bridgehead atoms. The molecule has 2 N–H and O–H groups in total. The third kappa shape index (κ3) is 3.79. The number of carbonyl (C=O) groups excluding carboxylic acids is 1. The average Bonchev–Trinajstić information content (AvgIpc) is 2.29. The van der Waals surface area contributed by atoms with E-state index in [1.165, 1.54) is 0 Å². The molecular formula is C12H15NO4. The zero-order valence-corrected chi connectivity index (χ0v) is 9.82. The van der Waals surface area contributed by atoms with Gasteiger partial charge in [0.05, 0.1) is 7.11 Å². The normalized spacial score (nSPS) is 9.76. The molecule has 0 aliphatic carbocycles. The predicted octanol–water partition coefficient (Wildman–Crippen LogP) is 0.747. The number of methoxy groups -OCH3 is 1. The van der Waals surface area contributed by atoms with Crippen molar-refractivity contribution in [2.75, 3.05) is 13.7 Å². The summed E-state index contributed by atoms with van der Waals surface area (Å²) in [6, 6.07) is 5.69. The van der Waals surface area contributed by atoms with Crippen LogP contribution in [0.25, 0.3) is 0 Å². The number of hydrogen-bond donors (Lipinski definition) is 2. The number of benzene rings is 1. The van der Waals surface area contributed by atoms with Gasteiger partial charge in [0.15, 0.2) is 0 Å². The Labute approximate surface area is 99.4 Å². The van der Waals surface area contributed by atoms with Gasteiger partial charge in [0.1, 0.15) is 5.75 Å². The summed E-state index contributed by atoms with van der Waals surface area (Å²) >= 11 is 0. The SMILES string of the molecule is COc1ccc(CCNC(=O)C(=O)O)cc1C.